The van der Waals surface area contributed by atoms with Crippen LogP contribution in [0.5, 0.6) is 0 Å². The number of amides is 1. The average molecular weight is 327 g/mol. The smallest absolute Gasteiger partial charge is 0.252 e. The molecule has 19 heavy (non-hydrogen) atoms. The summed E-state index contributed by atoms with van der Waals surface area (Å²) in [6.45, 7) is 1.16. The van der Waals surface area contributed by atoms with E-state index >= 15 is 0 Å². The minimum Gasteiger partial charge on any atom is -0.352 e. The Labute approximate surface area is 117 Å². The molecule has 5 nitrogen and oxygen atoms in total. The zero-order valence-corrected chi connectivity index (χ0v) is 11.6. The normalized spacial score (nSPS) is 10.4. The van der Waals surface area contributed by atoms with Gasteiger partial charge < -0.3 is 5.32 Å². The largest absolute Gasteiger partial charge is 0.352 e. The standard InChI is InChI=1S/C12H12BrFN4O/c13-11-3-2-9(14)8-10(11)12(19)15-4-1-6-18-7-5-16-17-18/h2-3,5,7-8H,1,4,6H2,(H,15,19). The van der Waals surface area contributed by atoms with Crippen molar-refractivity contribution in [1.29, 1.82) is 0 Å². The van der Waals surface area contributed by atoms with Crippen molar-refractivity contribution in [2.24, 2.45) is 0 Å². The summed E-state index contributed by atoms with van der Waals surface area (Å²) in [6, 6.07) is 4.02. The number of carbonyl (C=O) groups excluding carboxylic acids is 1. The second kappa shape index (κ2) is 6.42. The molecule has 7 heteroatoms. The van der Waals surface area contributed by atoms with Gasteiger partial charge in [-0.2, -0.15) is 0 Å². The van der Waals surface area contributed by atoms with Crippen molar-refractivity contribution in [2.75, 3.05) is 6.54 Å². The summed E-state index contributed by atoms with van der Waals surface area (Å²) < 4.78 is 15.3. The van der Waals surface area contributed by atoms with Crippen molar-refractivity contribution in [2.45, 2.75) is 13.0 Å². The van der Waals surface area contributed by atoms with Gasteiger partial charge in [0.25, 0.3) is 5.91 Å². The lowest BCUT2D eigenvalue weighted by molar-refractivity contribution is 0.0951. The molecule has 1 amide bonds. The third-order valence-electron chi connectivity index (χ3n) is 2.49. The van der Waals surface area contributed by atoms with Gasteiger partial charge in [-0.15, -0.1) is 5.10 Å². The van der Waals surface area contributed by atoms with E-state index in [1.165, 1.54) is 18.2 Å². The van der Waals surface area contributed by atoms with Crippen LogP contribution in [-0.4, -0.2) is 27.4 Å². The molecule has 2 aromatic rings. The summed E-state index contributed by atoms with van der Waals surface area (Å²) in [7, 11) is 0. The predicted octanol–water partition coefficient (Wildman–Crippen LogP) is 2.00. The summed E-state index contributed by atoms with van der Waals surface area (Å²) in [6.07, 6.45) is 4.08. The number of aromatic nitrogens is 3. The molecular formula is C12H12BrFN4O. The molecule has 0 aliphatic heterocycles. The maximum Gasteiger partial charge on any atom is 0.252 e. The first-order chi connectivity index (χ1) is 9.16. The number of benzene rings is 1. The van der Waals surface area contributed by atoms with Crippen molar-refractivity contribution < 1.29 is 9.18 Å². The Morgan fingerprint density at radius 3 is 3.05 bits per heavy atom. The highest BCUT2D eigenvalue weighted by molar-refractivity contribution is 9.10. The Balaban J connectivity index is 1.82. The average Bonchev–Trinajstić information content (AvgIpc) is 2.90. The molecule has 100 valence electrons. The third-order valence-corrected chi connectivity index (χ3v) is 3.19. The first kappa shape index (κ1) is 13.7. The van der Waals surface area contributed by atoms with Crippen LogP contribution in [0.25, 0.3) is 0 Å². The van der Waals surface area contributed by atoms with Crippen LogP contribution >= 0.6 is 15.9 Å². The Morgan fingerprint density at radius 2 is 2.32 bits per heavy atom. The quantitative estimate of drug-likeness (QED) is 0.855. The summed E-state index contributed by atoms with van der Waals surface area (Å²) in [5.74, 6) is -0.735. The van der Waals surface area contributed by atoms with Gasteiger partial charge >= 0.3 is 0 Å². The van der Waals surface area contributed by atoms with Crippen molar-refractivity contribution in [3.05, 3.63) is 46.4 Å². The number of halogens is 2. The fourth-order valence-corrected chi connectivity index (χ4v) is 1.99. The van der Waals surface area contributed by atoms with Crippen molar-refractivity contribution >= 4 is 21.8 Å². The monoisotopic (exact) mass is 326 g/mol. The lowest BCUT2D eigenvalue weighted by Crippen LogP contribution is -2.25. The first-order valence-corrected chi connectivity index (χ1v) is 6.53. The summed E-state index contributed by atoms with van der Waals surface area (Å²) in [5.41, 5.74) is 0.292. The molecule has 0 saturated carbocycles. The van der Waals surface area contributed by atoms with Gasteiger partial charge in [-0.3, -0.25) is 9.48 Å². The maximum absolute atomic E-state index is 13.1. The van der Waals surface area contributed by atoms with Crippen LogP contribution in [0.2, 0.25) is 0 Å². The van der Waals surface area contributed by atoms with E-state index in [1.807, 2.05) is 0 Å². The highest BCUT2D eigenvalue weighted by atomic mass is 79.9. The molecule has 0 radical (unpaired) electrons. The molecule has 0 atom stereocenters. The number of hydrogen-bond acceptors (Lipinski definition) is 3. The highest BCUT2D eigenvalue weighted by Gasteiger charge is 2.10. The Hall–Kier alpha value is -1.76. The number of rotatable bonds is 5. The van der Waals surface area contributed by atoms with Crippen LogP contribution in [0.15, 0.2) is 35.1 Å². The molecule has 0 spiro atoms. The van der Waals surface area contributed by atoms with Gasteiger partial charge in [-0.1, -0.05) is 5.21 Å². The molecule has 2 rings (SSSR count). The van der Waals surface area contributed by atoms with E-state index in [9.17, 15) is 9.18 Å². The third kappa shape index (κ3) is 3.85. The van der Waals surface area contributed by atoms with E-state index in [4.69, 9.17) is 0 Å². The van der Waals surface area contributed by atoms with E-state index in [-0.39, 0.29) is 5.91 Å². The maximum atomic E-state index is 13.1. The fraction of sp³-hybridized carbons (Fsp3) is 0.250. The summed E-state index contributed by atoms with van der Waals surface area (Å²) in [4.78, 5) is 11.8. The van der Waals surface area contributed by atoms with Gasteiger partial charge in [0.05, 0.1) is 11.8 Å². The van der Waals surface area contributed by atoms with Crippen molar-refractivity contribution in [1.82, 2.24) is 20.3 Å². The number of hydrogen-bond donors (Lipinski definition) is 1. The lowest BCUT2D eigenvalue weighted by Gasteiger charge is -2.07. The molecule has 0 fully saturated rings. The minimum absolute atomic E-state index is 0.292. The molecule has 1 heterocycles. The second-order valence-electron chi connectivity index (χ2n) is 3.90. The Morgan fingerprint density at radius 1 is 1.47 bits per heavy atom. The molecule has 0 saturated heterocycles. The molecular weight excluding hydrogens is 315 g/mol. The molecule has 1 N–H and O–H groups in total. The van der Waals surface area contributed by atoms with Gasteiger partial charge in [0.2, 0.25) is 0 Å². The van der Waals surface area contributed by atoms with E-state index in [1.54, 1.807) is 17.1 Å². The van der Waals surface area contributed by atoms with Crippen LogP contribution in [0, 0.1) is 5.82 Å². The van der Waals surface area contributed by atoms with E-state index in [2.05, 4.69) is 31.6 Å². The van der Waals surface area contributed by atoms with Gasteiger partial charge in [0, 0.05) is 23.8 Å². The van der Waals surface area contributed by atoms with Crippen LogP contribution in [-0.2, 0) is 6.54 Å². The Kier molecular flexibility index (Phi) is 4.62. The number of aryl methyl sites for hydroxylation is 1. The number of nitrogens with one attached hydrogen (secondary N) is 1. The van der Waals surface area contributed by atoms with Crippen LogP contribution < -0.4 is 5.32 Å². The molecule has 0 unspecified atom stereocenters. The van der Waals surface area contributed by atoms with Gasteiger partial charge in [0.15, 0.2) is 0 Å². The fourth-order valence-electron chi connectivity index (χ4n) is 1.56. The van der Waals surface area contributed by atoms with Crippen LogP contribution in [0.1, 0.15) is 16.8 Å². The molecule has 0 aliphatic carbocycles. The summed E-state index contributed by atoms with van der Waals surface area (Å²) >= 11 is 3.22. The zero-order valence-electron chi connectivity index (χ0n) is 10.0. The molecule has 0 bridgehead atoms. The predicted molar refractivity (Wildman–Crippen MR) is 71.1 cm³/mol. The Bertz CT molecular complexity index is 559. The second-order valence-corrected chi connectivity index (χ2v) is 4.75. The number of nitrogens with zero attached hydrogens (tertiary/aromatic N) is 3. The first-order valence-electron chi connectivity index (χ1n) is 5.74. The van der Waals surface area contributed by atoms with Crippen LogP contribution in [0.3, 0.4) is 0 Å². The molecule has 1 aromatic carbocycles. The van der Waals surface area contributed by atoms with Gasteiger partial charge in [0.1, 0.15) is 5.82 Å². The van der Waals surface area contributed by atoms with Gasteiger partial charge in [-0.05, 0) is 40.5 Å². The van der Waals surface area contributed by atoms with Gasteiger partial charge in [-0.25, -0.2) is 4.39 Å². The van der Waals surface area contributed by atoms with E-state index in [0.717, 1.165) is 6.42 Å². The van der Waals surface area contributed by atoms with Crippen molar-refractivity contribution in [3.8, 4) is 0 Å². The van der Waals surface area contributed by atoms with E-state index < -0.39 is 5.82 Å². The zero-order chi connectivity index (χ0) is 13.7. The SMILES string of the molecule is O=C(NCCCn1ccnn1)c1cc(F)ccc1Br. The lowest BCUT2D eigenvalue weighted by atomic mass is 10.2. The van der Waals surface area contributed by atoms with E-state index in [0.29, 0.717) is 23.1 Å². The summed E-state index contributed by atoms with van der Waals surface area (Å²) in [5, 5.41) is 10.2. The highest BCUT2D eigenvalue weighted by Crippen LogP contribution is 2.17. The molecule has 0 aliphatic rings. The minimum atomic E-state index is -0.434. The number of carbonyl (C=O) groups is 1. The van der Waals surface area contributed by atoms with Crippen LogP contribution in [0.4, 0.5) is 4.39 Å². The van der Waals surface area contributed by atoms with Crippen molar-refractivity contribution in [3.63, 3.8) is 0 Å². The topological polar surface area (TPSA) is 59.8 Å². The molecule has 1 aromatic heterocycles.